The summed E-state index contributed by atoms with van der Waals surface area (Å²) in [6.07, 6.45) is 0.584. The topological polar surface area (TPSA) is 85.9 Å². The van der Waals surface area contributed by atoms with Crippen molar-refractivity contribution >= 4 is 11.8 Å². The lowest BCUT2D eigenvalue weighted by atomic mass is 9.72. The molecule has 0 radical (unpaired) electrons. The van der Waals surface area contributed by atoms with Gasteiger partial charge in [-0.3, -0.25) is 9.59 Å². The predicted octanol–water partition coefficient (Wildman–Crippen LogP) is 0.778. The van der Waals surface area contributed by atoms with Crippen molar-refractivity contribution in [2.45, 2.75) is 24.9 Å². The van der Waals surface area contributed by atoms with Gasteiger partial charge in [0.05, 0.1) is 21.3 Å². The molecule has 3 heterocycles. The Balaban J connectivity index is 2.11. The van der Waals surface area contributed by atoms with E-state index in [0.29, 0.717) is 23.7 Å². The second kappa shape index (κ2) is 5.33. The third-order valence-electron chi connectivity index (χ3n) is 4.53. The lowest BCUT2D eigenvalue weighted by Gasteiger charge is -2.48. The Bertz CT molecular complexity index is 655. The molecule has 0 aromatic heterocycles. The fourth-order valence-electron chi connectivity index (χ4n) is 3.51. The van der Waals surface area contributed by atoms with Crippen LogP contribution in [0.15, 0.2) is 12.1 Å². The summed E-state index contributed by atoms with van der Waals surface area (Å²) < 4.78 is 16.1. The molecule has 3 aliphatic heterocycles. The van der Waals surface area contributed by atoms with Crippen LogP contribution in [0, 0.1) is 5.92 Å². The van der Waals surface area contributed by atoms with Crippen molar-refractivity contribution in [1.29, 1.82) is 0 Å². The monoisotopic (exact) mass is 320 g/mol. The number of nitrogens with one attached hydrogen (secondary N) is 2. The fourth-order valence-corrected chi connectivity index (χ4v) is 3.51. The van der Waals surface area contributed by atoms with Gasteiger partial charge in [0, 0.05) is 17.5 Å². The summed E-state index contributed by atoms with van der Waals surface area (Å²) in [6.45, 7) is 1.80. The first-order valence-corrected chi connectivity index (χ1v) is 7.36. The summed E-state index contributed by atoms with van der Waals surface area (Å²) in [5.41, 5.74) is 0.0252. The minimum atomic E-state index is -0.774. The highest BCUT2D eigenvalue weighted by molar-refractivity contribution is 6.05. The number of ether oxygens (including phenoxy) is 3. The minimum Gasteiger partial charge on any atom is -0.496 e. The maximum absolute atomic E-state index is 12.3. The lowest BCUT2D eigenvalue weighted by molar-refractivity contribution is -0.149. The second-order valence-electron chi connectivity index (χ2n) is 6.05. The number of benzene rings is 1. The van der Waals surface area contributed by atoms with Crippen molar-refractivity contribution in [2.75, 3.05) is 21.3 Å². The zero-order valence-electron chi connectivity index (χ0n) is 13.6. The molecule has 2 amide bonds. The summed E-state index contributed by atoms with van der Waals surface area (Å²) in [5, 5.41) is 5.69. The van der Waals surface area contributed by atoms with Crippen molar-refractivity contribution in [1.82, 2.24) is 10.6 Å². The van der Waals surface area contributed by atoms with Crippen molar-refractivity contribution in [3.63, 3.8) is 0 Å². The number of rotatable bonds is 4. The Morgan fingerprint density at radius 2 is 1.48 bits per heavy atom. The van der Waals surface area contributed by atoms with Gasteiger partial charge >= 0.3 is 0 Å². The summed E-state index contributed by atoms with van der Waals surface area (Å²) in [4.78, 5) is 24.5. The van der Waals surface area contributed by atoms with E-state index in [2.05, 4.69) is 10.6 Å². The van der Waals surface area contributed by atoms with Gasteiger partial charge in [0.15, 0.2) is 11.5 Å². The molecular formula is C16H20N2O5. The highest BCUT2D eigenvalue weighted by atomic mass is 16.5. The quantitative estimate of drug-likeness (QED) is 0.801. The number of piperidine rings is 2. The van der Waals surface area contributed by atoms with Gasteiger partial charge in [0.2, 0.25) is 11.8 Å². The molecule has 0 aliphatic carbocycles. The SMILES string of the molecule is COc1cc(OC)c([C@H]2CC3(C)NC(=O)C2C(=O)N3)cc1OC. The first-order valence-electron chi connectivity index (χ1n) is 7.36. The van der Waals surface area contributed by atoms with Crippen LogP contribution in [0.5, 0.6) is 17.2 Å². The number of carbonyl (C=O) groups excluding carboxylic acids is 2. The molecule has 7 nitrogen and oxygen atoms in total. The van der Waals surface area contributed by atoms with Gasteiger partial charge in [-0.15, -0.1) is 0 Å². The van der Waals surface area contributed by atoms with Crippen molar-refractivity contribution in [3.05, 3.63) is 17.7 Å². The molecule has 124 valence electrons. The van der Waals surface area contributed by atoms with E-state index in [1.165, 1.54) is 0 Å². The Labute approximate surface area is 134 Å². The standard InChI is InChI=1S/C16H20N2O5/c1-16-7-9(13(14(19)17-16)15(20)18-16)8-5-11(22-3)12(23-4)6-10(8)21-2/h5-6,9,13H,7H2,1-4H3,(H,17,19)(H,18,20)/t9-,13?,16?/m1/s1. The average molecular weight is 320 g/mol. The normalized spacial score (nSPS) is 28.9. The van der Waals surface area contributed by atoms with E-state index in [1.807, 2.05) is 0 Å². The van der Waals surface area contributed by atoms with Gasteiger partial charge in [-0.2, -0.15) is 0 Å². The van der Waals surface area contributed by atoms with E-state index >= 15 is 0 Å². The number of hydrogen-bond donors (Lipinski definition) is 2. The molecule has 0 unspecified atom stereocenters. The number of fused-ring (bicyclic) bond motifs is 3. The molecule has 1 atom stereocenters. The van der Waals surface area contributed by atoms with Crippen molar-refractivity contribution < 1.29 is 23.8 Å². The molecule has 23 heavy (non-hydrogen) atoms. The zero-order chi connectivity index (χ0) is 16.8. The molecule has 0 spiro atoms. The summed E-state index contributed by atoms with van der Waals surface area (Å²) >= 11 is 0. The van der Waals surface area contributed by atoms with E-state index in [9.17, 15) is 9.59 Å². The third-order valence-corrected chi connectivity index (χ3v) is 4.53. The van der Waals surface area contributed by atoms with Gasteiger partial charge in [-0.1, -0.05) is 0 Å². The third kappa shape index (κ3) is 2.36. The summed E-state index contributed by atoms with van der Waals surface area (Å²) in [6, 6.07) is 3.50. The predicted molar refractivity (Wildman–Crippen MR) is 81.6 cm³/mol. The van der Waals surface area contributed by atoms with Gasteiger partial charge in [0.25, 0.3) is 0 Å². The molecule has 1 aromatic rings. The van der Waals surface area contributed by atoms with E-state index in [-0.39, 0.29) is 17.7 Å². The maximum Gasteiger partial charge on any atom is 0.235 e. The average Bonchev–Trinajstić information content (AvgIpc) is 2.51. The largest absolute Gasteiger partial charge is 0.496 e. The van der Waals surface area contributed by atoms with Crippen LogP contribution in [0.4, 0.5) is 0 Å². The Morgan fingerprint density at radius 1 is 0.957 bits per heavy atom. The Kier molecular flexibility index (Phi) is 3.58. The van der Waals surface area contributed by atoms with Crippen LogP contribution in [0.3, 0.4) is 0 Å². The summed E-state index contributed by atoms with van der Waals surface area (Å²) in [7, 11) is 4.64. The highest BCUT2D eigenvalue weighted by Gasteiger charge is 2.53. The molecule has 7 heteroatoms. The van der Waals surface area contributed by atoms with Gasteiger partial charge < -0.3 is 24.8 Å². The van der Waals surface area contributed by atoms with E-state index in [1.54, 1.807) is 40.4 Å². The molecule has 4 rings (SSSR count). The van der Waals surface area contributed by atoms with Crippen LogP contribution in [-0.4, -0.2) is 38.8 Å². The molecule has 2 N–H and O–H groups in total. The first kappa shape index (κ1) is 15.5. The molecule has 3 aliphatic rings. The van der Waals surface area contributed by atoms with Crippen molar-refractivity contribution in [3.8, 4) is 17.2 Å². The Hall–Kier alpha value is -2.44. The molecule has 1 aromatic carbocycles. The number of carbonyl (C=O) groups is 2. The highest BCUT2D eigenvalue weighted by Crippen LogP contribution is 2.46. The zero-order valence-corrected chi connectivity index (χ0v) is 13.6. The second-order valence-corrected chi connectivity index (χ2v) is 6.05. The van der Waals surface area contributed by atoms with E-state index in [0.717, 1.165) is 5.56 Å². The van der Waals surface area contributed by atoms with Crippen LogP contribution in [0.1, 0.15) is 24.8 Å². The number of hydrogen-bond acceptors (Lipinski definition) is 5. The van der Waals surface area contributed by atoms with E-state index in [4.69, 9.17) is 14.2 Å². The molecule has 0 saturated carbocycles. The smallest absolute Gasteiger partial charge is 0.235 e. The van der Waals surface area contributed by atoms with Gasteiger partial charge in [-0.05, 0) is 19.4 Å². The maximum atomic E-state index is 12.3. The molecule has 3 fully saturated rings. The summed E-state index contributed by atoms with van der Waals surface area (Å²) in [5.74, 6) is 0.0732. The number of amides is 2. The number of methoxy groups -OCH3 is 3. The van der Waals surface area contributed by atoms with E-state index < -0.39 is 11.6 Å². The van der Waals surface area contributed by atoms with Crippen LogP contribution in [0.25, 0.3) is 0 Å². The minimum absolute atomic E-state index is 0.260. The van der Waals surface area contributed by atoms with Crippen LogP contribution in [-0.2, 0) is 9.59 Å². The van der Waals surface area contributed by atoms with Crippen LogP contribution < -0.4 is 24.8 Å². The fraction of sp³-hybridized carbons (Fsp3) is 0.500. The Morgan fingerprint density at radius 3 is 1.96 bits per heavy atom. The van der Waals surface area contributed by atoms with Gasteiger partial charge in [-0.25, -0.2) is 0 Å². The van der Waals surface area contributed by atoms with Gasteiger partial charge in [0.1, 0.15) is 17.3 Å². The van der Waals surface area contributed by atoms with Crippen LogP contribution in [0.2, 0.25) is 0 Å². The molecule has 2 bridgehead atoms. The van der Waals surface area contributed by atoms with Crippen molar-refractivity contribution in [2.24, 2.45) is 5.92 Å². The molecule has 3 saturated heterocycles. The first-order chi connectivity index (χ1) is 10.9. The molecular weight excluding hydrogens is 300 g/mol. The van der Waals surface area contributed by atoms with Crippen LogP contribution >= 0.6 is 0 Å². The lowest BCUT2D eigenvalue weighted by Crippen LogP contribution is -2.72.